The van der Waals surface area contributed by atoms with Gasteiger partial charge in [-0.05, 0) is 80.2 Å². The van der Waals surface area contributed by atoms with Gasteiger partial charge in [-0.25, -0.2) is 4.39 Å². The smallest absolute Gasteiger partial charge is 0.273 e. The number of hydrogen-bond acceptors (Lipinski definition) is 6. The molecule has 0 radical (unpaired) electrons. The van der Waals surface area contributed by atoms with E-state index < -0.39 is 4.92 Å². The number of non-ortho nitro benzene ring substituents is 1. The number of halogens is 1. The van der Waals surface area contributed by atoms with E-state index in [1.54, 1.807) is 12.3 Å². The summed E-state index contributed by atoms with van der Waals surface area (Å²) in [5.41, 5.74) is 4.63. The molecule has 2 unspecified atom stereocenters. The highest BCUT2D eigenvalue weighted by atomic mass is 32.1. The number of ether oxygens (including phenoxy) is 1. The predicted molar refractivity (Wildman–Crippen MR) is 160 cm³/mol. The summed E-state index contributed by atoms with van der Waals surface area (Å²) in [6, 6.07) is 17.3. The molecule has 216 valence electrons. The van der Waals surface area contributed by atoms with E-state index in [2.05, 4.69) is 21.7 Å². The van der Waals surface area contributed by atoms with Gasteiger partial charge in [0, 0.05) is 42.3 Å². The lowest BCUT2D eigenvalue weighted by atomic mass is 9.96. The zero-order chi connectivity index (χ0) is 30.0. The Hall–Kier alpha value is -4.84. The Kier molecular flexibility index (Phi) is 8.16. The van der Waals surface area contributed by atoms with E-state index in [4.69, 9.17) is 17.0 Å². The number of nitro groups is 1. The molecule has 2 aromatic carbocycles. The minimum atomic E-state index is -0.459. The molecule has 4 aromatic rings. The molecule has 0 bridgehead atoms. The molecule has 5 rings (SSSR count). The number of nitrogens with zero attached hydrogens (tertiary/aromatic N) is 4. The average molecular weight is 589 g/mol. The van der Waals surface area contributed by atoms with Gasteiger partial charge >= 0.3 is 0 Å². The molecule has 0 aliphatic carbocycles. The number of benzene rings is 2. The number of nitro benzene ring substituents is 1. The summed E-state index contributed by atoms with van der Waals surface area (Å²) in [4.78, 5) is 30.3. The molecule has 1 aliphatic heterocycles. The first-order valence-electron chi connectivity index (χ1n) is 13.2. The Labute approximate surface area is 247 Å². The number of nitrogens with one attached hydrogen (secondary N) is 2. The van der Waals surface area contributed by atoms with E-state index >= 15 is 0 Å². The van der Waals surface area contributed by atoms with Gasteiger partial charge in [-0.3, -0.25) is 19.9 Å². The number of rotatable bonds is 9. The molecular formula is C30H29FN6O4S. The highest BCUT2D eigenvalue weighted by molar-refractivity contribution is 7.80. The summed E-state index contributed by atoms with van der Waals surface area (Å²) in [5.74, 6) is -0.243. The third kappa shape index (κ3) is 5.66. The average Bonchev–Trinajstić information content (AvgIpc) is 3.47. The molecule has 2 atom stereocenters. The van der Waals surface area contributed by atoms with Crippen molar-refractivity contribution in [3.63, 3.8) is 0 Å². The lowest BCUT2D eigenvalue weighted by molar-refractivity contribution is -0.384. The number of pyridine rings is 1. The molecule has 2 N–H and O–H groups in total. The van der Waals surface area contributed by atoms with Crippen molar-refractivity contribution in [1.82, 2.24) is 19.8 Å². The molecule has 1 saturated heterocycles. The number of thiocarbonyl (C=S) groups is 1. The lowest BCUT2D eigenvalue weighted by Gasteiger charge is -2.28. The number of amides is 1. The van der Waals surface area contributed by atoms with Gasteiger partial charge in [0.25, 0.3) is 5.69 Å². The van der Waals surface area contributed by atoms with Crippen molar-refractivity contribution in [2.24, 2.45) is 0 Å². The molecule has 2 aromatic heterocycles. The molecule has 3 heterocycles. The van der Waals surface area contributed by atoms with Crippen molar-refractivity contribution in [3.8, 4) is 11.4 Å². The van der Waals surface area contributed by atoms with Gasteiger partial charge in [-0.2, -0.15) is 0 Å². The summed E-state index contributed by atoms with van der Waals surface area (Å²) in [5, 5.41) is 18.1. The Morgan fingerprint density at radius 2 is 1.93 bits per heavy atom. The second kappa shape index (κ2) is 12.0. The van der Waals surface area contributed by atoms with E-state index in [0.717, 1.165) is 22.6 Å². The summed E-state index contributed by atoms with van der Waals surface area (Å²) in [7, 11) is 1.48. The maximum Gasteiger partial charge on any atom is 0.273 e. The third-order valence-corrected chi connectivity index (χ3v) is 7.66. The van der Waals surface area contributed by atoms with Gasteiger partial charge in [-0.1, -0.05) is 6.07 Å². The third-order valence-electron chi connectivity index (χ3n) is 7.31. The van der Waals surface area contributed by atoms with Gasteiger partial charge in [0.2, 0.25) is 5.91 Å². The molecular weight excluding hydrogens is 559 g/mol. The van der Waals surface area contributed by atoms with Crippen LogP contribution >= 0.6 is 12.2 Å². The van der Waals surface area contributed by atoms with E-state index in [-0.39, 0.29) is 35.9 Å². The van der Waals surface area contributed by atoms with Crippen molar-refractivity contribution < 1.29 is 18.8 Å². The largest absolute Gasteiger partial charge is 0.494 e. The summed E-state index contributed by atoms with van der Waals surface area (Å²) in [6.07, 6.45) is 1.86. The molecule has 1 aliphatic rings. The zero-order valence-corrected chi connectivity index (χ0v) is 24.0. The fourth-order valence-corrected chi connectivity index (χ4v) is 5.72. The van der Waals surface area contributed by atoms with E-state index in [1.165, 1.54) is 43.5 Å². The summed E-state index contributed by atoms with van der Waals surface area (Å²) < 4.78 is 20.8. The topological polar surface area (TPSA) is 115 Å². The van der Waals surface area contributed by atoms with E-state index in [0.29, 0.717) is 28.8 Å². The van der Waals surface area contributed by atoms with Crippen molar-refractivity contribution in [2.45, 2.75) is 32.4 Å². The number of carbonyl (C=O) groups excluding carboxylic acids is 1. The Balaban J connectivity index is 1.50. The molecule has 1 amide bonds. The van der Waals surface area contributed by atoms with Gasteiger partial charge in [0.15, 0.2) is 5.11 Å². The molecule has 42 heavy (non-hydrogen) atoms. The lowest BCUT2D eigenvalue weighted by Crippen LogP contribution is -2.32. The second-order valence-electron chi connectivity index (χ2n) is 9.90. The van der Waals surface area contributed by atoms with Gasteiger partial charge < -0.3 is 24.8 Å². The van der Waals surface area contributed by atoms with Crippen molar-refractivity contribution in [2.75, 3.05) is 19.0 Å². The Morgan fingerprint density at radius 3 is 2.60 bits per heavy atom. The van der Waals surface area contributed by atoms with Crippen LogP contribution in [-0.4, -0.2) is 44.0 Å². The van der Waals surface area contributed by atoms with Crippen molar-refractivity contribution in [1.29, 1.82) is 0 Å². The number of aryl methyl sites for hydroxylation is 1. The fraction of sp³-hybridized carbons (Fsp3) is 0.233. The van der Waals surface area contributed by atoms with Crippen LogP contribution in [0.5, 0.6) is 5.75 Å². The summed E-state index contributed by atoms with van der Waals surface area (Å²) >= 11 is 5.77. The minimum Gasteiger partial charge on any atom is -0.494 e. The van der Waals surface area contributed by atoms with Crippen LogP contribution in [0.15, 0.2) is 72.9 Å². The quantitative estimate of drug-likeness (QED) is 0.149. The zero-order valence-electron chi connectivity index (χ0n) is 23.2. The highest BCUT2D eigenvalue weighted by Crippen LogP contribution is 2.42. The normalized spacial score (nSPS) is 16.3. The van der Waals surface area contributed by atoms with Crippen LogP contribution in [0.25, 0.3) is 5.69 Å². The second-order valence-corrected chi connectivity index (χ2v) is 10.3. The molecule has 12 heteroatoms. The van der Waals surface area contributed by atoms with Gasteiger partial charge in [-0.15, -0.1) is 0 Å². The standard InChI is InChI=1S/C30H29FN6O4S/c1-18-16-23(19(2)36(18)25-12-11-22(37(39)40)17-26(25)41-3)29-28(24-6-4-5-14-32-24)34-30(42)35(29)15-13-27(38)33-21-9-7-20(31)8-10-21/h4-12,14,16-17,28-29H,13,15H2,1-3H3,(H,33,38)(H,34,42). The number of anilines is 1. The van der Waals surface area contributed by atoms with Crippen LogP contribution in [0.4, 0.5) is 15.8 Å². The number of carbonyl (C=O) groups is 1. The SMILES string of the molecule is COc1cc([N+](=O)[O-])ccc1-n1c(C)cc(C2C(c3ccccn3)NC(=S)N2CCC(=O)Nc2ccc(F)cc2)c1C. The van der Waals surface area contributed by atoms with Gasteiger partial charge in [0.1, 0.15) is 11.6 Å². The number of methoxy groups -OCH3 is 1. The molecule has 1 fully saturated rings. The highest BCUT2D eigenvalue weighted by Gasteiger charge is 2.41. The first kappa shape index (κ1) is 28.7. The molecule has 0 spiro atoms. The fourth-order valence-electron chi connectivity index (χ4n) is 5.39. The van der Waals surface area contributed by atoms with E-state index in [1.807, 2.05) is 41.5 Å². The number of aromatic nitrogens is 2. The van der Waals surface area contributed by atoms with Crippen LogP contribution in [0.3, 0.4) is 0 Å². The van der Waals surface area contributed by atoms with Crippen LogP contribution in [-0.2, 0) is 4.79 Å². The first-order valence-corrected chi connectivity index (χ1v) is 13.6. The van der Waals surface area contributed by atoms with Crippen molar-refractivity contribution in [3.05, 3.63) is 112 Å². The molecule has 10 nitrogen and oxygen atoms in total. The Bertz CT molecular complexity index is 1640. The van der Waals surface area contributed by atoms with Gasteiger partial charge in [0.05, 0.1) is 41.6 Å². The van der Waals surface area contributed by atoms with E-state index in [9.17, 15) is 19.3 Å². The minimum absolute atomic E-state index is 0.0658. The maximum atomic E-state index is 13.3. The molecule has 0 saturated carbocycles. The maximum absolute atomic E-state index is 13.3. The summed E-state index contributed by atoms with van der Waals surface area (Å²) in [6.45, 7) is 4.24. The first-order chi connectivity index (χ1) is 20.2. The van der Waals surface area contributed by atoms with Crippen molar-refractivity contribution >= 4 is 34.6 Å². The van der Waals surface area contributed by atoms with Crippen LogP contribution < -0.4 is 15.4 Å². The van der Waals surface area contributed by atoms with Crippen LogP contribution in [0.1, 0.15) is 41.1 Å². The van der Waals surface area contributed by atoms with Crippen LogP contribution in [0.2, 0.25) is 0 Å². The Morgan fingerprint density at radius 1 is 1.17 bits per heavy atom. The monoisotopic (exact) mass is 588 g/mol. The number of hydrogen-bond donors (Lipinski definition) is 2. The predicted octanol–water partition coefficient (Wildman–Crippen LogP) is 5.55. The van der Waals surface area contributed by atoms with Crippen LogP contribution in [0, 0.1) is 29.8 Å².